The van der Waals surface area contributed by atoms with Gasteiger partial charge in [-0.15, -0.1) is 0 Å². The van der Waals surface area contributed by atoms with Gasteiger partial charge in [-0.2, -0.15) is 0 Å². The largest absolute Gasteiger partial charge is 0.481 e. The van der Waals surface area contributed by atoms with Gasteiger partial charge in [0.25, 0.3) is 0 Å². The van der Waals surface area contributed by atoms with Crippen LogP contribution in [0.25, 0.3) is 0 Å². The fourth-order valence-electron chi connectivity index (χ4n) is 1.74. The molecule has 2 amide bonds. The van der Waals surface area contributed by atoms with E-state index in [0.717, 1.165) is 11.1 Å². The van der Waals surface area contributed by atoms with Gasteiger partial charge in [-0.05, 0) is 18.9 Å². The summed E-state index contributed by atoms with van der Waals surface area (Å²) in [5, 5.41) is 22.2. The van der Waals surface area contributed by atoms with Crippen molar-refractivity contribution in [1.82, 2.24) is 10.6 Å². The topological polar surface area (TPSA) is 116 Å². The highest BCUT2D eigenvalue weighted by Gasteiger charge is 2.20. The highest BCUT2D eigenvalue weighted by molar-refractivity contribution is 5.82. The van der Waals surface area contributed by atoms with Crippen molar-refractivity contribution in [3.63, 3.8) is 0 Å². The molecule has 1 aromatic carbocycles. The number of nitrogens with one attached hydrogen (secondary N) is 2. The predicted molar refractivity (Wildman–Crippen MR) is 74.8 cm³/mol. The first kappa shape index (κ1) is 16.5. The average molecular weight is 294 g/mol. The molecule has 114 valence electrons. The number of rotatable bonds is 7. The molecule has 0 radical (unpaired) electrons. The molecule has 1 rings (SSSR count). The monoisotopic (exact) mass is 294 g/mol. The molecule has 0 heterocycles. The molecular weight excluding hydrogens is 276 g/mol. The third-order valence-electron chi connectivity index (χ3n) is 2.79. The van der Waals surface area contributed by atoms with Gasteiger partial charge in [0.1, 0.15) is 6.04 Å². The smallest absolute Gasteiger partial charge is 0.326 e. The second-order valence-electron chi connectivity index (χ2n) is 4.64. The fraction of sp³-hybridized carbons (Fsp3) is 0.357. The van der Waals surface area contributed by atoms with E-state index in [1.165, 1.54) is 0 Å². The van der Waals surface area contributed by atoms with Crippen molar-refractivity contribution >= 4 is 18.0 Å². The number of carboxylic acid groups (broad SMARTS) is 2. The fourth-order valence-corrected chi connectivity index (χ4v) is 1.74. The van der Waals surface area contributed by atoms with Crippen LogP contribution < -0.4 is 10.6 Å². The standard InChI is InChI=1S/C14H18N2O5/c1-9-3-2-4-10(7-9)8-15-14(21)16-11(13(19)20)5-6-12(17)18/h2-4,7,11H,5-6,8H2,1H3,(H,17,18)(H,19,20)(H2,15,16,21). The predicted octanol–water partition coefficient (Wildman–Crippen LogP) is 1.11. The summed E-state index contributed by atoms with van der Waals surface area (Å²) in [6.07, 6.45) is -0.488. The van der Waals surface area contributed by atoms with Crippen LogP contribution in [0.4, 0.5) is 4.79 Å². The highest BCUT2D eigenvalue weighted by Crippen LogP contribution is 2.03. The van der Waals surface area contributed by atoms with Gasteiger partial charge in [0.05, 0.1) is 0 Å². The minimum atomic E-state index is -1.26. The van der Waals surface area contributed by atoms with E-state index in [9.17, 15) is 14.4 Å². The third-order valence-corrected chi connectivity index (χ3v) is 2.79. The molecule has 0 aliphatic carbocycles. The number of benzene rings is 1. The van der Waals surface area contributed by atoms with Gasteiger partial charge in [-0.3, -0.25) is 4.79 Å². The van der Waals surface area contributed by atoms with Gasteiger partial charge in [0.15, 0.2) is 0 Å². The molecule has 0 aliphatic rings. The van der Waals surface area contributed by atoms with E-state index in [1.807, 2.05) is 31.2 Å². The zero-order valence-electron chi connectivity index (χ0n) is 11.6. The molecule has 1 unspecified atom stereocenters. The molecule has 4 N–H and O–H groups in total. The summed E-state index contributed by atoms with van der Waals surface area (Å²) in [6.45, 7) is 2.19. The molecule has 0 aliphatic heterocycles. The summed E-state index contributed by atoms with van der Waals surface area (Å²) in [6, 6.07) is 5.66. The Morgan fingerprint density at radius 2 is 1.95 bits per heavy atom. The second-order valence-corrected chi connectivity index (χ2v) is 4.64. The first-order chi connectivity index (χ1) is 9.88. The normalized spacial score (nSPS) is 11.5. The van der Waals surface area contributed by atoms with Crippen LogP contribution in [0.2, 0.25) is 0 Å². The Morgan fingerprint density at radius 3 is 2.52 bits per heavy atom. The van der Waals surface area contributed by atoms with E-state index in [0.29, 0.717) is 0 Å². The Morgan fingerprint density at radius 1 is 1.24 bits per heavy atom. The zero-order chi connectivity index (χ0) is 15.8. The van der Waals surface area contributed by atoms with E-state index in [1.54, 1.807) is 0 Å². The van der Waals surface area contributed by atoms with Crippen LogP contribution in [0.15, 0.2) is 24.3 Å². The lowest BCUT2D eigenvalue weighted by molar-refractivity contribution is -0.140. The van der Waals surface area contributed by atoms with Crippen molar-refractivity contribution < 1.29 is 24.6 Å². The SMILES string of the molecule is Cc1cccc(CNC(=O)NC(CCC(=O)O)C(=O)O)c1. The van der Waals surface area contributed by atoms with Gasteiger partial charge in [-0.1, -0.05) is 29.8 Å². The maximum absolute atomic E-state index is 11.6. The van der Waals surface area contributed by atoms with Crippen LogP contribution in [-0.4, -0.2) is 34.2 Å². The molecule has 21 heavy (non-hydrogen) atoms. The Labute approximate surface area is 122 Å². The minimum Gasteiger partial charge on any atom is -0.481 e. The lowest BCUT2D eigenvalue weighted by atomic mass is 10.1. The summed E-state index contributed by atoms with van der Waals surface area (Å²) < 4.78 is 0. The Hall–Kier alpha value is -2.57. The van der Waals surface area contributed by atoms with E-state index in [4.69, 9.17) is 10.2 Å². The number of hydrogen-bond donors (Lipinski definition) is 4. The molecule has 0 spiro atoms. The van der Waals surface area contributed by atoms with Crippen molar-refractivity contribution in [3.05, 3.63) is 35.4 Å². The lowest BCUT2D eigenvalue weighted by Crippen LogP contribution is -2.46. The Kier molecular flexibility index (Phi) is 6.19. The molecule has 0 saturated heterocycles. The molecule has 0 fully saturated rings. The maximum atomic E-state index is 11.6. The first-order valence-corrected chi connectivity index (χ1v) is 6.43. The number of hydrogen-bond acceptors (Lipinski definition) is 3. The van der Waals surface area contributed by atoms with Crippen molar-refractivity contribution in [3.8, 4) is 0 Å². The summed E-state index contributed by atoms with van der Waals surface area (Å²) in [5.74, 6) is -2.37. The molecule has 0 aromatic heterocycles. The molecular formula is C14H18N2O5. The molecule has 0 saturated carbocycles. The van der Waals surface area contributed by atoms with Crippen LogP contribution in [0, 0.1) is 6.92 Å². The number of amides is 2. The Balaban J connectivity index is 2.46. The van der Waals surface area contributed by atoms with Crippen LogP contribution >= 0.6 is 0 Å². The number of carbonyl (C=O) groups excluding carboxylic acids is 1. The number of carbonyl (C=O) groups is 3. The van der Waals surface area contributed by atoms with Gasteiger partial charge < -0.3 is 20.8 Å². The number of aryl methyl sites for hydroxylation is 1. The van der Waals surface area contributed by atoms with Crippen molar-refractivity contribution in [2.24, 2.45) is 0 Å². The minimum absolute atomic E-state index is 0.164. The van der Waals surface area contributed by atoms with Gasteiger partial charge in [0.2, 0.25) is 0 Å². The summed E-state index contributed by atoms with van der Waals surface area (Å²) >= 11 is 0. The molecule has 0 bridgehead atoms. The van der Waals surface area contributed by atoms with E-state index in [-0.39, 0.29) is 19.4 Å². The van der Waals surface area contributed by atoms with Gasteiger partial charge in [0, 0.05) is 13.0 Å². The zero-order valence-corrected chi connectivity index (χ0v) is 11.6. The van der Waals surface area contributed by atoms with Crippen LogP contribution in [0.1, 0.15) is 24.0 Å². The highest BCUT2D eigenvalue weighted by atomic mass is 16.4. The van der Waals surface area contributed by atoms with Crippen LogP contribution in [0.5, 0.6) is 0 Å². The molecule has 1 aromatic rings. The van der Waals surface area contributed by atoms with Crippen LogP contribution in [-0.2, 0) is 16.1 Å². The summed E-state index contributed by atoms with van der Waals surface area (Å²) in [4.78, 5) is 33.0. The number of carboxylic acids is 2. The number of aliphatic carboxylic acids is 2. The Bertz CT molecular complexity index is 530. The first-order valence-electron chi connectivity index (χ1n) is 6.43. The number of urea groups is 1. The molecule has 1 atom stereocenters. The summed E-state index contributed by atoms with van der Waals surface area (Å²) in [5.41, 5.74) is 1.95. The van der Waals surface area contributed by atoms with E-state index in [2.05, 4.69) is 10.6 Å². The molecule has 7 heteroatoms. The second kappa shape index (κ2) is 7.88. The lowest BCUT2D eigenvalue weighted by Gasteiger charge is -2.14. The van der Waals surface area contributed by atoms with Gasteiger partial charge >= 0.3 is 18.0 Å². The maximum Gasteiger partial charge on any atom is 0.326 e. The van der Waals surface area contributed by atoms with Crippen LogP contribution in [0.3, 0.4) is 0 Å². The van der Waals surface area contributed by atoms with Crippen molar-refractivity contribution in [2.45, 2.75) is 32.4 Å². The molecule has 7 nitrogen and oxygen atoms in total. The van der Waals surface area contributed by atoms with E-state index >= 15 is 0 Å². The van der Waals surface area contributed by atoms with E-state index < -0.39 is 24.0 Å². The van der Waals surface area contributed by atoms with Crippen molar-refractivity contribution in [1.29, 1.82) is 0 Å². The third kappa shape index (κ3) is 6.42. The van der Waals surface area contributed by atoms with Crippen molar-refractivity contribution in [2.75, 3.05) is 0 Å². The average Bonchev–Trinajstić information content (AvgIpc) is 2.40. The van der Waals surface area contributed by atoms with Gasteiger partial charge in [-0.25, -0.2) is 9.59 Å². The summed E-state index contributed by atoms with van der Waals surface area (Å²) in [7, 11) is 0. The quantitative estimate of drug-likeness (QED) is 0.601.